The van der Waals surface area contributed by atoms with Gasteiger partial charge in [-0.1, -0.05) is 17.7 Å². The van der Waals surface area contributed by atoms with Crippen molar-refractivity contribution in [2.45, 2.75) is 11.0 Å². The molecular formula is C17H18ClFN2O5S. The van der Waals surface area contributed by atoms with Crippen LogP contribution >= 0.6 is 11.6 Å². The van der Waals surface area contributed by atoms with Gasteiger partial charge in [0.1, 0.15) is 5.82 Å². The number of benzene rings is 2. The highest BCUT2D eigenvalue weighted by Crippen LogP contribution is 2.21. The van der Waals surface area contributed by atoms with Gasteiger partial charge in [-0.25, -0.2) is 12.8 Å². The van der Waals surface area contributed by atoms with E-state index in [0.29, 0.717) is 0 Å². The van der Waals surface area contributed by atoms with E-state index in [9.17, 15) is 22.7 Å². The van der Waals surface area contributed by atoms with E-state index in [-0.39, 0.29) is 27.7 Å². The van der Waals surface area contributed by atoms with Crippen molar-refractivity contribution in [1.82, 2.24) is 4.31 Å². The van der Waals surface area contributed by atoms with E-state index in [2.05, 4.69) is 5.32 Å². The molecule has 3 N–H and O–H groups in total. The van der Waals surface area contributed by atoms with Gasteiger partial charge in [-0.3, -0.25) is 4.79 Å². The minimum absolute atomic E-state index is 0.0626. The minimum atomic E-state index is -3.97. The van der Waals surface area contributed by atoms with Crippen LogP contribution in [0.1, 0.15) is 10.4 Å². The highest BCUT2D eigenvalue weighted by molar-refractivity contribution is 7.89. The largest absolute Gasteiger partial charge is 0.394 e. The Morgan fingerprint density at radius 2 is 2.00 bits per heavy atom. The van der Waals surface area contributed by atoms with Gasteiger partial charge in [0.25, 0.3) is 5.91 Å². The fourth-order valence-corrected chi connectivity index (χ4v) is 3.64. The fourth-order valence-electron chi connectivity index (χ4n) is 2.21. The van der Waals surface area contributed by atoms with Gasteiger partial charge >= 0.3 is 0 Å². The molecule has 0 aliphatic heterocycles. The molecule has 10 heteroatoms. The monoisotopic (exact) mass is 416 g/mol. The zero-order valence-corrected chi connectivity index (χ0v) is 15.8. The molecule has 0 aliphatic rings. The Balaban J connectivity index is 2.23. The maximum absolute atomic E-state index is 13.2. The van der Waals surface area contributed by atoms with Gasteiger partial charge in [-0.2, -0.15) is 4.31 Å². The standard InChI is InChI=1S/C17H18ClFN2O5S/c1-21(9-13(23)10-22)27(25,26)14-4-2-3-11(7-14)17(24)20-12-5-6-16(19)15(18)8-12/h2-8,13,22-23H,9-10H2,1H3,(H,20,24). The summed E-state index contributed by atoms with van der Waals surface area (Å²) < 4.78 is 39.1. The summed E-state index contributed by atoms with van der Waals surface area (Å²) in [6.07, 6.45) is -1.22. The van der Waals surface area contributed by atoms with Gasteiger partial charge in [-0.05, 0) is 36.4 Å². The third kappa shape index (κ3) is 5.24. The average molecular weight is 417 g/mol. The Kier molecular flexibility index (Phi) is 6.90. The van der Waals surface area contributed by atoms with Gasteiger partial charge in [0.05, 0.1) is 22.6 Å². The highest BCUT2D eigenvalue weighted by atomic mass is 35.5. The third-order valence-electron chi connectivity index (χ3n) is 3.66. The van der Waals surface area contributed by atoms with E-state index < -0.39 is 34.5 Å². The molecule has 0 spiro atoms. The SMILES string of the molecule is CN(CC(O)CO)S(=O)(=O)c1cccc(C(=O)Nc2ccc(F)c(Cl)c2)c1. The van der Waals surface area contributed by atoms with Gasteiger partial charge < -0.3 is 15.5 Å². The summed E-state index contributed by atoms with van der Waals surface area (Å²) in [6.45, 7) is -0.883. The van der Waals surface area contributed by atoms with E-state index in [1.54, 1.807) is 0 Å². The number of carbonyl (C=O) groups excluding carboxylic acids is 1. The number of aliphatic hydroxyl groups excluding tert-OH is 2. The molecule has 1 atom stereocenters. The summed E-state index contributed by atoms with van der Waals surface area (Å²) in [7, 11) is -2.72. The maximum atomic E-state index is 13.2. The van der Waals surface area contributed by atoms with Crippen LogP contribution in [-0.4, -0.2) is 55.1 Å². The highest BCUT2D eigenvalue weighted by Gasteiger charge is 2.24. The summed E-state index contributed by atoms with van der Waals surface area (Å²) in [4.78, 5) is 12.2. The van der Waals surface area contributed by atoms with Gasteiger partial charge in [0, 0.05) is 24.8 Å². The summed E-state index contributed by atoms with van der Waals surface area (Å²) in [5.74, 6) is -1.23. The number of rotatable bonds is 7. The predicted octanol–water partition coefficient (Wildman–Crippen LogP) is 1.71. The van der Waals surface area contributed by atoms with Crippen LogP contribution < -0.4 is 5.32 Å². The minimum Gasteiger partial charge on any atom is -0.394 e. The number of nitrogens with zero attached hydrogens (tertiary/aromatic N) is 1. The molecule has 0 fully saturated rings. The van der Waals surface area contributed by atoms with Crippen molar-refractivity contribution < 1.29 is 27.8 Å². The van der Waals surface area contributed by atoms with E-state index >= 15 is 0 Å². The molecule has 2 aromatic carbocycles. The lowest BCUT2D eigenvalue weighted by Crippen LogP contribution is -2.35. The number of amides is 1. The summed E-state index contributed by atoms with van der Waals surface area (Å²) in [6, 6.07) is 8.96. The molecular weight excluding hydrogens is 399 g/mol. The summed E-state index contributed by atoms with van der Waals surface area (Å²) >= 11 is 5.67. The quantitative estimate of drug-likeness (QED) is 0.637. The van der Waals surface area contributed by atoms with Crippen molar-refractivity contribution in [3.05, 3.63) is 58.9 Å². The van der Waals surface area contributed by atoms with Crippen molar-refractivity contribution in [2.24, 2.45) is 0 Å². The van der Waals surface area contributed by atoms with Crippen molar-refractivity contribution in [1.29, 1.82) is 0 Å². The molecule has 7 nitrogen and oxygen atoms in total. The number of carbonyl (C=O) groups is 1. The van der Waals surface area contributed by atoms with Crippen LogP contribution in [0.3, 0.4) is 0 Å². The molecule has 0 saturated carbocycles. The first-order valence-corrected chi connectivity index (χ1v) is 9.58. The number of anilines is 1. The maximum Gasteiger partial charge on any atom is 0.255 e. The lowest BCUT2D eigenvalue weighted by atomic mass is 10.2. The first-order chi connectivity index (χ1) is 12.6. The molecule has 0 aromatic heterocycles. The first kappa shape index (κ1) is 21.3. The van der Waals surface area contributed by atoms with Crippen LogP contribution in [0, 0.1) is 5.82 Å². The Hall–Kier alpha value is -2.04. The number of aliphatic hydroxyl groups is 2. The molecule has 2 aromatic rings. The predicted molar refractivity (Wildman–Crippen MR) is 98.7 cm³/mol. The second-order valence-electron chi connectivity index (χ2n) is 5.73. The Morgan fingerprint density at radius 1 is 1.30 bits per heavy atom. The zero-order chi connectivity index (χ0) is 20.2. The Bertz CT molecular complexity index is 939. The lowest BCUT2D eigenvalue weighted by Gasteiger charge is -2.19. The van der Waals surface area contributed by atoms with Crippen LogP contribution in [0.4, 0.5) is 10.1 Å². The lowest BCUT2D eigenvalue weighted by molar-refractivity contribution is 0.0826. The van der Waals surface area contributed by atoms with Gasteiger partial charge in [0.2, 0.25) is 10.0 Å². The second kappa shape index (κ2) is 8.77. The van der Waals surface area contributed by atoms with E-state index in [1.165, 1.54) is 43.4 Å². The second-order valence-corrected chi connectivity index (χ2v) is 8.18. The van der Waals surface area contributed by atoms with Crippen LogP contribution in [0.25, 0.3) is 0 Å². The normalized spacial score (nSPS) is 12.8. The van der Waals surface area contributed by atoms with Crippen molar-refractivity contribution in [3.8, 4) is 0 Å². The summed E-state index contributed by atoms with van der Waals surface area (Å²) in [5, 5.41) is 20.6. The number of hydrogen-bond acceptors (Lipinski definition) is 5. The number of hydrogen-bond donors (Lipinski definition) is 3. The molecule has 0 aliphatic carbocycles. The van der Waals surface area contributed by atoms with Crippen LogP contribution in [0.15, 0.2) is 47.4 Å². The fraction of sp³-hybridized carbons (Fsp3) is 0.235. The Morgan fingerprint density at radius 3 is 2.63 bits per heavy atom. The number of likely N-dealkylation sites (N-methyl/N-ethyl adjacent to an activating group) is 1. The molecule has 0 bridgehead atoms. The molecule has 1 amide bonds. The molecule has 0 radical (unpaired) electrons. The van der Waals surface area contributed by atoms with E-state index in [1.807, 2.05) is 0 Å². The van der Waals surface area contributed by atoms with E-state index in [4.69, 9.17) is 16.7 Å². The summed E-state index contributed by atoms with van der Waals surface area (Å²) in [5.41, 5.74) is 0.315. The van der Waals surface area contributed by atoms with Gasteiger partial charge in [0.15, 0.2) is 0 Å². The van der Waals surface area contributed by atoms with Gasteiger partial charge in [-0.15, -0.1) is 0 Å². The van der Waals surface area contributed by atoms with Crippen LogP contribution in [-0.2, 0) is 10.0 Å². The topological polar surface area (TPSA) is 107 Å². The van der Waals surface area contributed by atoms with Crippen LogP contribution in [0.5, 0.6) is 0 Å². The van der Waals surface area contributed by atoms with Crippen molar-refractivity contribution >= 4 is 33.2 Å². The number of nitrogens with one attached hydrogen (secondary N) is 1. The smallest absolute Gasteiger partial charge is 0.255 e. The van der Waals surface area contributed by atoms with Crippen molar-refractivity contribution in [3.63, 3.8) is 0 Å². The molecule has 0 saturated heterocycles. The average Bonchev–Trinajstić information content (AvgIpc) is 2.64. The van der Waals surface area contributed by atoms with Crippen molar-refractivity contribution in [2.75, 3.05) is 25.5 Å². The molecule has 1 unspecified atom stereocenters. The number of sulfonamides is 1. The molecule has 2 rings (SSSR count). The Labute approximate surface area is 161 Å². The molecule has 0 heterocycles. The third-order valence-corrected chi connectivity index (χ3v) is 5.77. The molecule has 27 heavy (non-hydrogen) atoms. The van der Waals surface area contributed by atoms with Crippen LogP contribution in [0.2, 0.25) is 5.02 Å². The number of halogens is 2. The first-order valence-electron chi connectivity index (χ1n) is 7.77. The zero-order valence-electron chi connectivity index (χ0n) is 14.3. The molecule has 146 valence electrons. The van der Waals surface area contributed by atoms with E-state index in [0.717, 1.165) is 10.4 Å².